The maximum atomic E-state index is 12.7. The highest BCUT2D eigenvalue weighted by Crippen LogP contribution is 2.23. The number of benzene rings is 3. The molecule has 7 nitrogen and oxygen atoms in total. The van der Waals surface area contributed by atoms with Crippen LogP contribution in [0, 0.1) is 0 Å². The lowest BCUT2D eigenvalue weighted by Crippen LogP contribution is -2.45. The molecular formula is C26H28N4O3. The maximum absolute atomic E-state index is 12.7. The Morgan fingerprint density at radius 2 is 1.33 bits per heavy atom. The highest BCUT2D eigenvalue weighted by Gasteiger charge is 2.22. The molecule has 4 rings (SSSR count). The van der Waals surface area contributed by atoms with Gasteiger partial charge < -0.3 is 25.6 Å². The number of carbonyl (C=O) groups excluding carboxylic acids is 2. The van der Waals surface area contributed by atoms with Crippen LogP contribution in [-0.2, 0) is 9.53 Å². The lowest BCUT2D eigenvalue weighted by molar-refractivity contribution is -0.105. The first-order chi connectivity index (χ1) is 16.0. The van der Waals surface area contributed by atoms with Crippen molar-refractivity contribution in [1.29, 1.82) is 0 Å². The standard InChI is InChI=1S/C26H28N4O3/c1-18-15-30(16-19(2)33-18)25-13-3-20(4-14-25)26(32)29-24-11-9-23(10-12-24)28-22-7-5-21(6-8-22)27-17-31/h3-14,17-19,28H,15-16H2,1-2H3,(H,27,31)(H,29,32). The smallest absolute Gasteiger partial charge is 0.255 e. The van der Waals surface area contributed by atoms with Crippen LogP contribution in [0.5, 0.6) is 0 Å². The first-order valence-electron chi connectivity index (χ1n) is 11.0. The molecule has 1 aliphatic rings. The van der Waals surface area contributed by atoms with Gasteiger partial charge in [0.25, 0.3) is 5.91 Å². The van der Waals surface area contributed by atoms with Crippen LogP contribution >= 0.6 is 0 Å². The fourth-order valence-corrected chi connectivity index (χ4v) is 3.94. The summed E-state index contributed by atoms with van der Waals surface area (Å²) >= 11 is 0. The minimum atomic E-state index is -0.149. The van der Waals surface area contributed by atoms with E-state index in [4.69, 9.17) is 4.74 Å². The molecule has 170 valence electrons. The Labute approximate surface area is 193 Å². The van der Waals surface area contributed by atoms with Crippen molar-refractivity contribution >= 4 is 40.8 Å². The van der Waals surface area contributed by atoms with Gasteiger partial charge in [-0.3, -0.25) is 9.59 Å². The second-order valence-electron chi connectivity index (χ2n) is 8.21. The summed E-state index contributed by atoms with van der Waals surface area (Å²) < 4.78 is 5.80. The molecule has 1 fully saturated rings. The van der Waals surface area contributed by atoms with E-state index in [-0.39, 0.29) is 18.1 Å². The Balaban J connectivity index is 1.34. The van der Waals surface area contributed by atoms with Crippen molar-refractivity contribution in [3.63, 3.8) is 0 Å². The number of amides is 2. The first kappa shape index (κ1) is 22.4. The minimum Gasteiger partial charge on any atom is -0.372 e. The Morgan fingerprint density at radius 1 is 0.818 bits per heavy atom. The van der Waals surface area contributed by atoms with Crippen LogP contribution in [0.15, 0.2) is 72.8 Å². The van der Waals surface area contributed by atoms with Crippen LogP contribution in [0.25, 0.3) is 0 Å². The quantitative estimate of drug-likeness (QED) is 0.453. The van der Waals surface area contributed by atoms with Crippen molar-refractivity contribution in [3.8, 4) is 0 Å². The summed E-state index contributed by atoms with van der Waals surface area (Å²) in [6, 6.07) is 22.6. The van der Waals surface area contributed by atoms with Gasteiger partial charge in [-0.15, -0.1) is 0 Å². The second-order valence-corrected chi connectivity index (χ2v) is 8.21. The summed E-state index contributed by atoms with van der Waals surface area (Å²) in [5, 5.41) is 8.83. The number of morpholine rings is 1. The summed E-state index contributed by atoms with van der Waals surface area (Å²) in [6.07, 6.45) is 1.02. The third kappa shape index (κ3) is 5.90. The third-order valence-electron chi connectivity index (χ3n) is 5.46. The third-order valence-corrected chi connectivity index (χ3v) is 5.46. The molecule has 0 aromatic heterocycles. The molecule has 33 heavy (non-hydrogen) atoms. The molecule has 1 saturated heterocycles. The van der Waals surface area contributed by atoms with Gasteiger partial charge >= 0.3 is 0 Å². The minimum absolute atomic E-state index is 0.149. The van der Waals surface area contributed by atoms with Gasteiger partial charge in [0.1, 0.15) is 0 Å². The summed E-state index contributed by atoms with van der Waals surface area (Å²) in [7, 11) is 0. The van der Waals surface area contributed by atoms with E-state index in [0.717, 1.165) is 41.5 Å². The Bertz CT molecular complexity index is 1070. The molecule has 0 radical (unpaired) electrons. The molecule has 3 aromatic rings. The zero-order valence-corrected chi connectivity index (χ0v) is 18.7. The first-order valence-corrected chi connectivity index (χ1v) is 11.0. The number of nitrogens with zero attached hydrogens (tertiary/aromatic N) is 1. The summed E-state index contributed by atoms with van der Waals surface area (Å²) in [5.74, 6) is -0.149. The fourth-order valence-electron chi connectivity index (χ4n) is 3.94. The van der Waals surface area contributed by atoms with Crippen LogP contribution in [0.3, 0.4) is 0 Å². The average Bonchev–Trinajstić information content (AvgIpc) is 2.81. The molecule has 2 atom stereocenters. The van der Waals surface area contributed by atoms with E-state index in [0.29, 0.717) is 12.0 Å². The fraction of sp³-hybridized carbons (Fsp3) is 0.231. The molecule has 1 aliphatic heterocycles. The van der Waals surface area contributed by atoms with Crippen LogP contribution in [0.2, 0.25) is 0 Å². The van der Waals surface area contributed by atoms with Gasteiger partial charge in [0.05, 0.1) is 12.2 Å². The number of rotatable bonds is 7. The van der Waals surface area contributed by atoms with Gasteiger partial charge in [0, 0.05) is 47.1 Å². The van der Waals surface area contributed by atoms with E-state index in [1.807, 2.05) is 72.8 Å². The molecule has 0 spiro atoms. The average molecular weight is 445 g/mol. The molecule has 3 aromatic carbocycles. The number of anilines is 5. The zero-order valence-electron chi connectivity index (χ0n) is 18.7. The Morgan fingerprint density at radius 3 is 1.88 bits per heavy atom. The number of nitrogens with one attached hydrogen (secondary N) is 3. The molecule has 0 aliphatic carbocycles. The van der Waals surface area contributed by atoms with Crippen molar-refractivity contribution in [1.82, 2.24) is 0 Å². The number of hydrogen-bond acceptors (Lipinski definition) is 5. The van der Waals surface area contributed by atoms with Crippen molar-refractivity contribution in [2.45, 2.75) is 26.1 Å². The largest absolute Gasteiger partial charge is 0.372 e. The van der Waals surface area contributed by atoms with Gasteiger partial charge in [0.15, 0.2) is 0 Å². The second kappa shape index (κ2) is 10.2. The SMILES string of the molecule is CC1CN(c2ccc(C(=O)Nc3ccc(Nc4ccc(NC=O)cc4)cc3)cc2)CC(C)O1. The van der Waals surface area contributed by atoms with Gasteiger partial charge in [0.2, 0.25) is 6.41 Å². The predicted octanol–water partition coefficient (Wildman–Crippen LogP) is 4.86. The number of ether oxygens (including phenoxy) is 1. The van der Waals surface area contributed by atoms with Crippen LogP contribution in [0.4, 0.5) is 28.4 Å². The molecular weight excluding hydrogens is 416 g/mol. The topological polar surface area (TPSA) is 82.7 Å². The lowest BCUT2D eigenvalue weighted by atomic mass is 10.1. The summed E-state index contributed by atoms with van der Waals surface area (Å²) in [6.45, 7) is 5.84. The van der Waals surface area contributed by atoms with E-state index in [1.165, 1.54) is 0 Å². The molecule has 3 N–H and O–H groups in total. The van der Waals surface area contributed by atoms with Crippen molar-refractivity contribution < 1.29 is 14.3 Å². The van der Waals surface area contributed by atoms with Gasteiger partial charge in [-0.2, -0.15) is 0 Å². The molecule has 0 bridgehead atoms. The predicted molar refractivity (Wildman–Crippen MR) is 132 cm³/mol. The maximum Gasteiger partial charge on any atom is 0.255 e. The van der Waals surface area contributed by atoms with Crippen molar-refractivity contribution in [2.24, 2.45) is 0 Å². The van der Waals surface area contributed by atoms with Crippen LogP contribution in [0.1, 0.15) is 24.2 Å². The zero-order chi connectivity index (χ0) is 23.2. The van der Waals surface area contributed by atoms with Crippen LogP contribution < -0.4 is 20.9 Å². The number of carbonyl (C=O) groups is 2. The highest BCUT2D eigenvalue weighted by atomic mass is 16.5. The molecule has 2 unspecified atom stereocenters. The lowest BCUT2D eigenvalue weighted by Gasteiger charge is -2.36. The van der Waals surface area contributed by atoms with E-state index in [1.54, 1.807) is 0 Å². The van der Waals surface area contributed by atoms with Gasteiger partial charge in [-0.05, 0) is 86.6 Å². The molecule has 7 heteroatoms. The normalized spacial score (nSPS) is 17.8. The highest BCUT2D eigenvalue weighted by molar-refractivity contribution is 6.04. The monoisotopic (exact) mass is 444 g/mol. The Hall–Kier alpha value is -3.84. The van der Waals surface area contributed by atoms with E-state index < -0.39 is 0 Å². The molecule has 1 heterocycles. The van der Waals surface area contributed by atoms with Crippen molar-refractivity contribution in [2.75, 3.05) is 33.9 Å². The summed E-state index contributed by atoms with van der Waals surface area (Å²) in [4.78, 5) is 25.5. The number of hydrogen-bond donors (Lipinski definition) is 3. The van der Waals surface area contributed by atoms with E-state index in [9.17, 15) is 9.59 Å². The molecule has 0 saturated carbocycles. The van der Waals surface area contributed by atoms with E-state index in [2.05, 4.69) is 34.7 Å². The van der Waals surface area contributed by atoms with Crippen LogP contribution in [-0.4, -0.2) is 37.6 Å². The van der Waals surface area contributed by atoms with E-state index >= 15 is 0 Å². The summed E-state index contributed by atoms with van der Waals surface area (Å²) in [5.41, 5.74) is 4.94. The Kier molecular flexibility index (Phi) is 6.90. The van der Waals surface area contributed by atoms with Crippen molar-refractivity contribution in [3.05, 3.63) is 78.4 Å². The van der Waals surface area contributed by atoms with Gasteiger partial charge in [-0.25, -0.2) is 0 Å². The van der Waals surface area contributed by atoms with Gasteiger partial charge in [-0.1, -0.05) is 0 Å². The molecule has 2 amide bonds.